The zero-order valence-electron chi connectivity index (χ0n) is 12.6. The van der Waals surface area contributed by atoms with Gasteiger partial charge < -0.3 is 9.84 Å². The molecule has 2 aromatic rings. The third kappa shape index (κ3) is 4.06. The standard InChI is InChI=1S/C16H21ClN2O2/c1-11-12(2)18-19(13(11)3)8-15(20)10-21-9-14-6-4-5-7-16(14)17/h4-7,15,20H,8-10H2,1-3H3. The van der Waals surface area contributed by atoms with Crippen molar-refractivity contribution in [2.45, 2.75) is 40.0 Å². The average Bonchev–Trinajstić information content (AvgIpc) is 2.68. The van der Waals surface area contributed by atoms with Gasteiger partial charge in [0.05, 0.1) is 31.6 Å². The topological polar surface area (TPSA) is 47.3 Å². The fourth-order valence-electron chi connectivity index (χ4n) is 2.14. The lowest BCUT2D eigenvalue weighted by atomic mass is 10.2. The van der Waals surface area contributed by atoms with Crippen molar-refractivity contribution in [2.24, 2.45) is 0 Å². The molecule has 0 aliphatic rings. The molecule has 1 N–H and O–H groups in total. The minimum absolute atomic E-state index is 0.253. The highest BCUT2D eigenvalue weighted by Gasteiger charge is 2.12. The second kappa shape index (κ2) is 7.07. The Hall–Kier alpha value is -1.36. The van der Waals surface area contributed by atoms with Crippen molar-refractivity contribution in [3.63, 3.8) is 0 Å². The van der Waals surface area contributed by atoms with E-state index in [1.54, 1.807) is 0 Å². The third-order valence-electron chi connectivity index (χ3n) is 3.65. The smallest absolute Gasteiger partial charge is 0.0969 e. The van der Waals surface area contributed by atoms with E-state index in [9.17, 15) is 5.11 Å². The molecule has 1 heterocycles. The van der Waals surface area contributed by atoms with Gasteiger partial charge in [0.1, 0.15) is 0 Å². The fourth-order valence-corrected chi connectivity index (χ4v) is 2.33. The molecule has 2 rings (SSSR count). The summed E-state index contributed by atoms with van der Waals surface area (Å²) in [4.78, 5) is 0. The summed E-state index contributed by atoms with van der Waals surface area (Å²) in [5.41, 5.74) is 4.17. The maximum absolute atomic E-state index is 10.1. The predicted molar refractivity (Wildman–Crippen MR) is 83.6 cm³/mol. The van der Waals surface area contributed by atoms with Gasteiger partial charge in [0, 0.05) is 10.7 Å². The van der Waals surface area contributed by atoms with Crippen LogP contribution in [0.5, 0.6) is 0 Å². The van der Waals surface area contributed by atoms with Crippen LogP contribution in [0.4, 0.5) is 0 Å². The van der Waals surface area contributed by atoms with Crippen molar-refractivity contribution in [3.8, 4) is 0 Å². The molecule has 21 heavy (non-hydrogen) atoms. The quantitative estimate of drug-likeness (QED) is 0.892. The van der Waals surface area contributed by atoms with Gasteiger partial charge in [-0.3, -0.25) is 4.68 Å². The van der Waals surface area contributed by atoms with Crippen LogP contribution < -0.4 is 0 Å². The molecule has 0 aliphatic carbocycles. The van der Waals surface area contributed by atoms with Crippen molar-refractivity contribution in [1.29, 1.82) is 0 Å². The largest absolute Gasteiger partial charge is 0.389 e. The summed E-state index contributed by atoms with van der Waals surface area (Å²) in [6, 6.07) is 7.54. The summed E-state index contributed by atoms with van der Waals surface area (Å²) < 4.78 is 7.36. The van der Waals surface area contributed by atoms with Gasteiger partial charge in [0.25, 0.3) is 0 Å². The Morgan fingerprint density at radius 1 is 1.29 bits per heavy atom. The van der Waals surface area contributed by atoms with Crippen molar-refractivity contribution < 1.29 is 9.84 Å². The van der Waals surface area contributed by atoms with E-state index in [1.165, 1.54) is 5.56 Å². The van der Waals surface area contributed by atoms with Crippen LogP contribution >= 0.6 is 11.6 Å². The molecule has 0 spiro atoms. The number of rotatable bonds is 6. The minimum atomic E-state index is -0.593. The molecule has 0 bridgehead atoms. The molecule has 5 heteroatoms. The Kier molecular flexibility index (Phi) is 5.39. The number of hydrogen-bond donors (Lipinski definition) is 1. The normalized spacial score (nSPS) is 12.6. The Bertz CT molecular complexity index is 610. The number of hydrogen-bond acceptors (Lipinski definition) is 3. The number of aromatic nitrogens is 2. The van der Waals surface area contributed by atoms with E-state index < -0.39 is 6.10 Å². The first-order chi connectivity index (χ1) is 9.99. The van der Waals surface area contributed by atoms with Crippen LogP contribution in [0, 0.1) is 20.8 Å². The number of nitrogens with zero attached hydrogens (tertiary/aromatic N) is 2. The SMILES string of the molecule is Cc1nn(CC(O)COCc2ccccc2Cl)c(C)c1C. The molecule has 1 aromatic heterocycles. The van der Waals surface area contributed by atoms with Crippen molar-refractivity contribution in [1.82, 2.24) is 9.78 Å². The molecule has 114 valence electrons. The Morgan fingerprint density at radius 3 is 2.62 bits per heavy atom. The highest BCUT2D eigenvalue weighted by Crippen LogP contribution is 2.16. The molecular formula is C16H21ClN2O2. The monoisotopic (exact) mass is 308 g/mol. The van der Waals surface area contributed by atoms with Gasteiger partial charge in [-0.05, 0) is 38.0 Å². The summed E-state index contributed by atoms with van der Waals surface area (Å²) in [6.07, 6.45) is -0.593. The van der Waals surface area contributed by atoms with Crippen LogP contribution in [0.2, 0.25) is 5.02 Å². The van der Waals surface area contributed by atoms with Crippen LogP contribution in [0.1, 0.15) is 22.5 Å². The van der Waals surface area contributed by atoms with Crippen LogP contribution in [0.25, 0.3) is 0 Å². The second-order valence-corrected chi connectivity index (χ2v) is 5.65. The Morgan fingerprint density at radius 2 is 2.00 bits per heavy atom. The first kappa shape index (κ1) is 16.0. The highest BCUT2D eigenvalue weighted by molar-refractivity contribution is 6.31. The van der Waals surface area contributed by atoms with Crippen LogP contribution in [0.3, 0.4) is 0 Å². The fraction of sp³-hybridized carbons (Fsp3) is 0.438. The van der Waals surface area contributed by atoms with Crippen molar-refractivity contribution in [2.75, 3.05) is 6.61 Å². The molecule has 0 radical (unpaired) electrons. The zero-order chi connectivity index (χ0) is 15.4. The van der Waals surface area contributed by atoms with Gasteiger partial charge in [0.2, 0.25) is 0 Å². The van der Waals surface area contributed by atoms with E-state index in [-0.39, 0.29) is 6.61 Å². The van der Waals surface area contributed by atoms with E-state index in [2.05, 4.69) is 5.10 Å². The number of ether oxygens (including phenoxy) is 1. The summed E-state index contributed by atoms with van der Waals surface area (Å²) in [6.45, 7) is 7.10. The molecule has 0 fully saturated rings. The van der Waals surface area contributed by atoms with E-state index >= 15 is 0 Å². The number of aryl methyl sites for hydroxylation is 1. The maximum Gasteiger partial charge on any atom is 0.0969 e. The van der Waals surface area contributed by atoms with Gasteiger partial charge in [-0.25, -0.2) is 0 Å². The number of halogens is 1. The molecule has 0 amide bonds. The highest BCUT2D eigenvalue weighted by atomic mass is 35.5. The molecular weight excluding hydrogens is 288 g/mol. The van der Waals surface area contributed by atoms with Crippen LogP contribution in [0.15, 0.2) is 24.3 Å². The molecule has 1 atom stereocenters. The molecule has 0 saturated carbocycles. The third-order valence-corrected chi connectivity index (χ3v) is 4.02. The van der Waals surface area contributed by atoms with Gasteiger partial charge in [-0.1, -0.05) is 29.8 Å². The van der Waals surface area contributed by atoms with Crippen molar-refractivity contribution in [3.05, 3.63) is 51.8 Å². The lowest BCUT2D eigenvalue weighted by molar-refractivity contribution is 0.0184. The van der Waals surface area contributed by atoms with Crippen molar-refractivity contribution >= 4 is 11.6 Å². The molecule has 1 unspecified atom stereocenters. The van der Waals surface area contributed by atoms with E-state index in [4.69, 9.17) is 16.3 Å². The summed E-state index contributed by atoms with van der Waals surface area (Å²) >= 11 is 6.05. The Labute approximate surface area is 130 Å². The van der Waals surface area contributed by atoms with Gasteiger partial charge in [-0.2, -0.15) is 5.10 Å². The lowest BCUT2D eigenvalue weighted by Gasteiger charge is -2.13. The predicted octanol–water partition coefficient (Wildman–Crippen LogP) is 3.04. The lowest BCUT2D eigenvalue weighted by Crippen LogP contribution is -2.23. The molecule has 4 nitrogen and oxygen atoms in total. The van der Waals surface area contributed by atoms with Crippen LogP contribution in [-0.2, 0) is 17.9 Å². The number of benzene rings is 1. The average molecular weight is 309 g/mol. The van der Waals surface area contributed by atoms with Gasteiger partial charge in [-0.15, -0.1) is 0 Å². The summed E-state index contributed by atoms with van der Waals surface area (Å²) in [7, 11) is 0. The summed E-state index contributed by atoms with van der Waals surface area (Å²) in [5, 5.41) is 15.1. The van der Waals surface area contributed by atoms with Gasteiger partial charge in [0.15, 0.2) is 0 Å². The first-order valence-corrected chi connectivity index (χ1v) is 7.36. The number of aliphatic hydroxyl groups is 1. The van der Waals surface area contributed by atoms with E-state index in [1.807, 2.05) is 49.7 Å². The van der Waals surface area contributed by atoms with Crippen LogP contribution in [-0.4, -0.2) is 27.6 Å². The second-order valence-electron chi connectivity index (χ2n) is 5.24. The minimum Gasteiger partial charge on any atom is -0.389 e. The summed E-state index contributed by atoms with van der Waals surface area (Å²) in [5.74, 6) is 0. The zero-order valence-corrected chi connectivity index (χ0v) is 13.4. The maximum atomic E-state index is 10.1. The van der Waals surface area contributed by atoms with Gasteiger partial charge >= 0.3 is 0 Å². The number of aliphatic hydroxyl groups excluding tert-OH is 1. The first-order valence-electron chi connectivity index (χ1n) is 6.99. The van der Waals surface area contributed by atoms with E-state index in [0.717, 1.165) is 17.0 Å². The van der Waals surface area contributed by atoms with E-state index in [0.29, 0.717) is 18.2 Å². The Balaban J connectivity index is 1.84. The molecule has 0 aliphatic heterocycles. The molecule has 0 saturated heterocycles. The molecule has 1 aromatic carbocycles.